The van der Waals surface area contributed by atoms with Crippen molar-refractivity contribution in [3.05, 3.63) is 89.5 Å². The van der Waals surface area contributed by atoms with Crippen LogP contribution in [0.3, 0.4) is 0 Å². The molecule has 2 bridgehead atoms. The summed E-state index contributed by atoms with van der Waals surface area (Å²) in [7, 11) is 2.13. The Kier molecular flexibility index (Phi) is 6.54. The van der Waals surface area contributed by atoms with Gasteiger partial charge in [0.25, 0.3) is 0 Å². The number of anilines is 1. The van der Waals surface area contributed by atoms with Crippen molar-refractivity contribution >= 4 is 17.6 Å². The fourth-order valence-electron chi connectivity index (χ4n) is 8.70. The fourth-order valence-corrected chi connectivity index (χ4v) is 8.70. The monoisotopic (exact) mass is 566 g/mol. The Hall–Kier alpha value is -3.84. The molecule has 2 heterocycles. The van der Waals surface area contributed by atoms with Gasteiger partial charge in [0.05, 0.1) is 17.5 Å². The molecule has 4 aliphatic rings. The Labute approximate surface area is 247 Å². The number of carbonyl (C=O) groups excluding carboxylic acids is 2. The van der Waals surface area contributed by atoms with Crippen molar-refractivity contribution in [2.45, 2.75) is 75.2 Å². The Morgan fingerprint density at radius 1 is 0.976 bits per heavy atom. The first-order valence-electron chi connectivity index (χ1n) is 15.1. The maximum absolute atomic E-state index is 13.0. The van der Waals surface area contributed by atoms with Crippen LogP contribution in [0.5, 0.6) is 11.5 Å². The van der Waals surface area contributed by atoms with E-state index in [9.17, 15) is 9.59 Å². The first-order chi connectivity index (χ1) is 20.3. The molecule has 7 rings (SSSR count). The van der Waals surface area contributed by atoms with Gasteiger partial charge in [0.15, 0.2) is 11.5 Å². The highest BCUT2D eigenvalue weighted by Crippen LogP contribution is 2.67. The third kappa shape index (κ3) is 3.97. The third-order valence-corrected chi connectivity index (χ3v) is 10.3. The second-order valence-corrected chi connectivity index (χ2v) is 12.3. The summed E-state index contributed by atoms with van der Waals surface area (Å²) >= 11 is 0. The number of nitrogens with zero attached hydrogens (tertiary/aromatic N) is 2. The van der Waals surface area contributed by atoms with Crippen LogP contribution in [-0.4, -0.2) is 60.8 Å². The molecular weight excluding hydrogens is 528 g/mol. The van der Waals surface area contributed by atoms with Crippen molar-refractivity contribution in [2.75, 3.05) is 25.0 Å². The van der Waals surface area contributed by atoms with Crippen LogP contribution in [0.2, 0.25) is 0 Å². The molecule has 42 heavy (non-hydrogen) atoms. The molecule has 5 atom stereocenters. The Bertz CT molecular complexity index is 1510. The summed E-state index contributed by atoms with van der Waals surface area (Å²) in [6.45, 7) is 4.72. The lowest BCUT2D eigenvalue weighted by molar-refractivity contribution is -0.217. The average molecular weight is 567 g/mol. The van der Waals surface area contributed by atoms with Crippen LogP contribution in [0.25, 0.3) is 0 Å². The maximum atomic E-state index is 13.0. The third-order valence-electron chi connectivity index (χ3n) is 10.3. The number of hydrogen-bond acceptors (Lipinski definition) is 7. The summed E-state index contributed by atoms with van der Waals surface area (Å²) in [5, 5.41) is 0. The van der Waals surface area contributed by atoms with Gasteiger partial charge >= 0.3 is 11.9 Å². The lowest BCUT2D eigenvalue weighted by atomic mass is 9.48. The average Bonchev–Trinajstić information content (AvgIpc) is 3.33. The van der Waals surface area contributed by atoms with Gasteiger partial charge in [0.1, 0.15) is 11.7 Å². The van der Waals surface area contributed by atoms with E-state index in [0.717, 1.165) is 56.4 Å². The van der Waals surface area contributed by atoms with Crippen LogP contribution >= 0.6 is 0 Å². The molecule has 1 unspecified atom stereocenters. The number of carbonyl (C=O) groups is 2. The second kappa shape index (κ2) is 10.2. The molecule has 2 aliphatic heterocycles. The van der Waals surface area contributed by atoms with Crippen LogP contribution in [0.1, 0.15) is 49.8 Å². The zero-order valence-corrected chi connectivity index (χ0v) is 24.5. The molecule has 0 radical (unpaired) electrons. The quantitative estimate of drug-likeness (QED) is 0.292. The lowest BCUT2D eigenvalue weighted by Crippen LogP contribution is -2.79. The minimum Gasteiger partial charge on any atom is -0.483 e. The van der Waals surface area contributed by atoms with E-state index in [2.05, 4.69) is 77.5 Å². The Morgan fingerprint density at radius 3 is 2.43 bits per heavy atom. The van der Waals surface area contributed by atoms with Crippen LogP contribution < -0.4 is 14.4 Å². The molecule has 1 saturated heterocycles. The van der Waals surface area contributed by atoms with Gasteiger partial charge < -0.3 is 19.1 Å². The Balaban J connectivity index is 1.37. The van der Waals surface area contributed by atoms with E-state index < -0.39 is 11.0 Å². The smallest absolute Gasteiger partial charge is 0.308 e. The summed E-state index contributed by atoms with van der Waals surface area (Å²) in [6.07, 6.45) is 3.74. The highest BCUT2D eigenvalue weighted by atomic mass is 16.6. The number of rotatable bonds is 7. The minimum absolute atomic E-state index is 0.0194. The number of likely N-dealkylation sites (tertiary alicyclic amines) is 1. The molecule has 2 aliphatic carbocycles. The molecule has 3 aromatic carbocycles. The van der Waals surface area contributed by atoms with Crippen molar-refractivity contribution in [1.82, 2.24) is 4.90 Å². The van der Waals surface area contributed by atoms with E-state index in [1.165, 1.54) is 25.0 Å². The summed E-state index contributed by atoms with van der Waals surface area (Å²) in [5.74, 6) is 0.461. The molecule has 7 nitrogen and oxygen atoms in total. The van der Waals surface area contributed by atoms with Crippen LogP contribution in [-0.2, 0) is 32.6 Å². The number of benzene rings is 3. The van der Waals surface area contributed by atoms with E-state index in [-0.39, 0.29) is 30.1 Å². The molecule has 0 N–H and O–H groups in total. The fraction of sp³-hybridized carbons (Fsp3) is 0.429. The number of para-hydroxylation sites is 1. The van der Waals surface area contributed by atoms with Gasteiger partial charge in [-0.25, -0.2) is 0 Å². The summed E-state index contributed by atoms with van der Waals surface area (Å²) in [5.41, 5.74) is 3.39. The SMILES string of the molecule is CC(=O)Oc1ccc2c3c1O[C@H]1C(N(C)c4ccccc4)CC[C@@]4(OC(C)=O)[C@@H](C2)N(CCc2ccccc2)CC[C@]314. The van der Waals surface area contributed by atoms with Crippen molar-refractivity contribution in [2.24, 2.45) is 0 Å². The molecule has 2 fully saturated rings. The summed E-state index contributed by atoms with van der Waals surface area (Å²) in [4.78, 5) is 30.0. The summed E-state index contributed by atoms with van der Waals surface area (Å²) < 4.78 is 19.4. The topological polar surface area (TPSA) is 68.3 Å². The number of ether oxygens (including phenoxy) is 3. The summed E-state index contributed by atoms with van der Waals surface area (Å²) in [6, 6.07) is 25.0. The van der Waals surface area contributed by atoms with Gasteiger partial charge in [-0.05, 0) is 68.0 Å². The first-order valence-corrected chi connectivity index (χ1v) is 15.1. The van der Waals surface area contributed by atoms with Crippen molar-refractivity contribution in [3.8, 4) is 11.5 Å². The zero-order chi connectivity index (χ0) is 29.1. The molecule has 0 aromatic heterocycles. The molecule has 218 valence electrons. The van der Waals surface area contributed by atoms with Gasteiger partial charge in [0.2, 0.25) is 0 Å². The van der Waals surface area contributed by atoms with Gasteiger partial charge in [-0.15, -0.1) is 0 Å². The van der Waals surface area contributed by atoms with E-state index in [0.29, 0.717) is 11.5 Å². The number of esters is 2. The standard InChI is InChI=1S/C35H38N2O5/c1-23(38)40-29-15-14-26-22-30-35(42-24(2)39)18-16-28(36(3)27-12-8-5-9-13-27)33-34(35,31(26)32(29)41-33)19-21-37(30)20-17-25-10-6-4-7-11-25/h4-15,28,30,33H,16-22H2,1-3H3/t28?,30-,33+,34+,35-/m1/s1. The first kappa shape index (κ1) is 27.0. The van der Waals surface area contributed by atoms with Crippen molar-refractivity contribution in [3.63, 3.8) is 0 Å². The lowest BCUT2D eigenvalue weighted by Gasteiger charge is -2.65. The van der Waals surface area contributed by atoms with Crippen LogP contribution in [0.15, 0.2) is 72.8 Å². The zero-order valence-electron chi connectivity index (χ0n) is 24.5. The molecular formula is C35H38N2O5. The molecule has 1 saturated carbocycles. The van der Waals surface area contributed by atoms with Crippen LogP contribution in [0, 0.1) is 0 Å². The maximum Gasteiger partial charge on any atom is 0.308 e. The van der Waals surface area contributed by atoms with Gasteiger partial charge in [-0.2, -0.15) is 0 Å². The molecule has 0 amide bonds. The van der Waals surface area contributed by atoms with Gasteiger partial charge in [0, 0.05) is 38.7 Å². The highest BCUT2D eigenvalue weighted by molar-refractivity contribution is 5.74. The minimum atomic E-state index is -0.750. The van der Waals surface area contributed by atoms with E-state index >= 15 is 0 Å². The normalized spacial score (nSPS) is 28.8. The van der Waals surface area contributed by atoms with Gasteiger partial charge in [-0.3, -0.25) is 14.5 Å². The predicted molar refractivity (Wildman–Crippen MR) is 160 cm³/mol. The molecule has 1 spiro atoms. The van der Waals surface area contributed by atoms with Crippen molar-refractivity contribution in [1.29, 1.82) is 0 Å². The van der Waals surface area contributed by atoms with E-state index in [1.807, 2.05) is 12.1 Å². The molecule has 7 heteroatoms. The number of hydrogen-bond donors (Lipinski definition) is 0. The van der Waals surface area contributed by atoms with E-state index in [4.69, 9.17) is 14.2 Å². The second-order valence-electron chi connectivity index (χ2n) is 12.3. The number of piperidine rings is 1. The van der Waals surface area contributed by atoms with E-state index in [1.54, 1.807) is 0 Å². The van der Waals surface area contributed by atoms with Gasteiger partial charge in [-0.1, -0.05) is 54.6 Å². The Morgan fingerprint density at radius 2 is 1.71 bits per heavy atom. The molecule has 3 aromatic rings. The van der Waals surface area contributed by atoms with Crippen LogP contribution in [0.4, 0.5) is 5.69 Å². The highest BCUT2D eigenvalue weighted by Gasteiger charge is 2.75. The largest absolute Gasteiger partial charge is 0.483 e. The predicted octanol–water partition coefficient (Wildman–Crippen LogP) is 5.08. The number of likely N-dealkylation sites (N-methyl/N-ethyl adjacent to an activating group) is 1. The van der Waals surface area contributed by atoms with Crippen molar-refractivity contribution < 1.29 is 23.8 Å².